The minimum atomic E-state index is 0.132. The van der Waals surface area contributed by atoms with Crippen molar-refractivity contribution in [2.24, 2.45) is 0 Å². The number of nitrogens with one attached hydrogen (secondary N) is 1. The lowest BCUT2D eigenvalue weighted by molar-refractivity contribution is 0.423. The van der Waals surface area contributed by atoms with Crippen molar-refractivity contribution in [3.63, 3.8) is 0 Å². The second kappa shape index (κ2) is 3.95. The smallest absolute Gasteiger partial charge is 0.137 e. The first-order valence-electron chi connectivity index (χ1n) is 5.68. The highest BCUT2D eigenvalue weighted by atomic mass is 16.3. The zero-order chi connectivity index (χ0) is 11.8. The maximum Gasteiger partial charge on any atom is 0.137 e. The van der Waals surface area contributed by atoms with Crippen molar-refractivity contribution in [3.05, 3.63) is 35.6 Å². The fourth-order valence-corrected chi connectivity index (χ4v) is 1.75. The van der Waals surface area contributed by atoms with Gasteiger partial charge in [0.1, 0.15) is 5.58 Å². The molecule has 1 aromatic heterocycles. The van der Waals surface area contributed by atoms with Crippen LogP contribution in [-0.2, 0) is 6.54 Å². The van der Waals surface area contributed by atoms with Crippen LogP contribution in [0.4, 0.5) is 0 Å². The number of aryl methyl sites for hydroxylation is 1. The first-order chi connectivity index (χ1) is 7.47. The van der Waals surface area contributed by atoms with Gasteiger partial charge >= 0.3 is 0 Å². The summed E-state index contributed by atoms with van der Waals surface area (Å²) >= 11 is 0. The highest BCUT2D eigenvalue weighted by molar-refractivity contribution is 5.83. The van der Waals surface area contributed by atoms with Gasteiger partial charge < -0.3 is 9.73 Å². The molecule has 0 saturated heterocycles. The maximum atomic E-state index is 5.61. The number of para-hydroxylation sites is 1. The third-order valence-electron chi connectivity index (χ3n) is 2.69. The van der Waals surface area contributed by atoms with Crippen molar-refractivity contribution < 1.29 is 4.42 Å². The molecule has 0 aliphatic heterocycles. The average molecular weight is 217 g/mol. The van der Waals surface area contributed by atoms with Crippen LogP contribution in [0.3, 0.4) is 0 Å². The van der Waals surface area contributed by atoms with Crippen LogP contribution < -0.4 is 5.32 Å². The summed E-state index contributed by atoms with van der Waals surface area (Å²) in [5.74, 6) is 0. The number of fused-ring (bicyclic) bond motifs is 1. The van der Waals surface area contributed by atoms with Crippen LogP contribution in [-0.4, -0.2) is 5.54 Å². The molecule has 2 aromatic rings. The predicted octanol–water partition coefficient (Wildman–Crippen LogP) is 3.63. The molecule has 0 spiro atoms. The number of hydrogen-bond donors (Lipinski definition) is 1. The Labute approximate surface area is 96.6 Å². The van der Waals surface area contributed by atoms with Gasteiger partial charge in [-0.1, -0.05) is 18.2 Å². The quantitative estimate of drug-likeness (QED) is 0.831. The van der Waals surface area contributed by atoms with Gasteiger partial charge in [0.25, 0.3) is 0 Å². The third-order valence-corrected chi connectivity index (χ3v) is 2.69. The predicted molar refractivity (Wildman–Crippen MR) is 67.5 cm³/mol. The van der Waals surface area contributed by atoms with E-state index in [4.69, 9.17) is 4.42 Å². The molecule has 0 radical (unpaired) electrons. The van der Waals surface area contributed by atoms with Crippen LogP contribution in [0.25, 0.3) is 11.0 Å². The van der Waals surface area contributed by atoms with E-state index in [0.29, 0.717) is 0 Å². The summed E-state index contributed by atoms with van der Waals surface area (Å²) in [6, 6.07) is 6.27. The van der Waals surface area contributed by atoms with E-state index in [1.54, 1.807) is 0 Å². The molecule has 0 fully saturated rings. The zero-order valence-corrected chi connectivity index (χ0v) is 10.4. The van der Waals surface area contributed by atoms with E-state index < -0.39 is 0 Å². The van der Waals surface area contributed by atoms with E-state index in [2.05, 4.69) is 51.2 Å². The van der Waals surface area contributed by atoms with Gasteiger partial charge in [-0.2, -0.15) is 0 Å². The van der Waals surface area contributed by atoms with E-state index in [1.807, 2.05) is 6.26 Å². The summed E-state index contributed by atoms with van der Waals surface area (Å²) in [6.07, 6.45) is 1.86. The second-order valence-corrected chi connectivity index (χ2v) is 5.32. The molecule has 2 nitrogen and oxygen atoms in total. The van der Waals surface area contributed by atoms with E-state index in [1.165, 1.54) is 16.5 Å². The maximum absolute atomic E-state index is 5.61. The molecule has 0 aliphatic carbocycles. The normalized spacial score (nSPS) is 12.2. The minimum absolute atomic E-state index is 0.132. The average Bonchev–Trinajstić information content (AvgIpc) is 2.58. The molecule has 2 heteroatoms. The number of furan rings is 1. The monoisotopic (exact) mass is 217 g/mol. The SMILES string of the molecule is Cc1cccc2c(CNC(C)(C)C)coc12. The molecule has 0 bridgehead atoms. The molecule has 86 valence electrons. The molecule has 0 unspecified atom stereocenters. The topological polar surface area (TPSA) is 25.2 Å². The molecule has 0 aliphatic rings. The summed E-state index contributed by atoms with van der Waals surface area (Å²) < 4.78 is 5.61. The Kier molecular flexibility index (Phi) is 2.76. The van der Waals surface area contributed by atoms with Gasteiger partial charge in [-0.05, 0) is 33.3 Å². The van der Waals surface area contributed by atoms with Crippen LogP contribution in [0.15, 0.2) is 28.9 Å². The Morgan fingerprint density at radius 1 is 1.25 bits per heavy atom. The molecule has 1 aromatic carbocycles. The lowest BCUT2D eigenvalue weighted by Crippen LogP contribution is -2.34. The molecule has 0 amide bonds. The molecule has 2 rings (SSSR count). The van der Waals surface area contributed by atoms with Crippen molar-refractivity contribution in [2.75, 3.05) is 0 Å². The highest BCUT2D eigenvalue weighted by Gasteiger charge is 2.12. The van der Waals surface area contributed by atoms with Crippen LogP contribution >= 0.6 is 0 Å². The zero-order valence-electron chi connectivity index (χ0n) is 10.4. The van der Waals surface area contributed by atoms with E-state index >= 15 is 0 Å². The molecular formula is C14H19NO. The summed E-state index contributed by atoms with van der Waals surface area (Å²) in [5, 5.41) is 4.70. The van der Waals surface area contributed by atoms with Crippen molar-refractivity contribution in [1.29, 1.82) is 0 Å². The van der Waals surface area contributed by atoms with E-state index in [-0.39, 0.29) is 5.54 Å². The van der Waals surface area contributed by atoms with Crippen molar-refractivity contribution in [1.82, 2.24) is 5.32 Å². The summed E-state index contributed by atoms with van der Waals surface area (Å²) in [6.45, 7) is 9.42. The fraction of sp³-hybridized carbons (Fsp3) is 0.429. The minimum Gasteiger partial charge on any atom is -0.464 e. The highest BCUT2D eigenvalue weighted by Crippen LogP contribution is 2.24. The van der Waals surface area contributed by atoms with Crippen molar-refractivity contribution in [2.45, 2.75) is 39.8 Å². The summed E-state index contributed by atoms with van der Waals surface area (Å²) in [4.78, 5) is 0. The van der Waals surface area contributed by atoms with Gasteiger partial charge in [0, 0.05) is 23.0 Å². The first kappa shape index (κ1) is 11.2. The number of hydrogen-bond acceptors (Lipinski definition) is 2. The fourth-order valence-electron chi connectivity index (χ4n) is 1.75. The number of benzene rings is 1. The van der Waals surface area contributed by atoms with Crippen LogP contribution in [0.1, 0.15) is 31.9 Å². The van der Waals surface area contributed by atoms with E-state index in [0.717, 1.165) is 12.1 Å². The molecule has 0 atom stereocenters. The van der Waals surface area contributed by atoms with Crippen LogP contribution in [0.2, 0.25) is 0 Å². The Morgan fingerprint density at radius 2 is 2.00 bits per heavy atom. The molecule has 1 N–H and O–H groups in total. The van der Waals surface area contributed by atoms with Gasteiger partial charge in [-0.15, -0.1) is 0 Å². The standard InChI is InChI=1S/C14H19NO/c1-10-6-5-7-12-11(9-16-13(10)12)8-15-14(2,3)4/h5-7,9,15H,8H2,1-4H3. The molecule has 0 saturated carbocycles. The lowest BCUT2D eigenvalue weighted by Gasteiger charge is -2.19. The molecule has 1 heterocycles. The van der Waals surface area contributed by atoms with Gasteiger partial charge in [-0.25, -0.2) is 0 Å². The van der Waals surface area contributed by atoms with Gasteiger partial charge in [0.05, 0.1) is 6.26 Å². The third kappa shape index (κ3) is 2.27. The Balaban J connectivity index is 2.29. The van der Waals surface area contributed by atoms with Gasteiger partial charge in [0.2, 0.25) is 0 Å². The Morgan fingerprint density at radius 3 is 2.69 bits per heavy atom. The van der Waals surface area contributed by atoms with E-state index in [9.17, 15) is 0 Å². The lowest BCUT2D eigenvalue weighted by atomic mass is 10.1. The van der Waals surface area contributed by atoms with Crippen LogP contribution in [0, 0.1) is 6.92 Å². The first-order valence-corrected chi connectivity index (χ1v) is 5.68. The molecular weight excluding hydrogens is 198 g/mol. The van der Waals surface area contributed by atoms with Crippen LogP contribution in [0.5, 0.6) is 0 Å². The second-order valence-electron chi connectivity index (χ2n) is 5.32. The summed E-state index contributed by atoms with van der Waals surface area (Å²) in [5.41, 5.74) is 3.56. The largest absolute Gasteiger partial charge is 0.464 e. The van der Waals surface area contributed by atoms with Crippen molar-refractivity contribution >= 4 is 11.0 Å². The number of rotatable bonds is 2. The summed E-state index contributed by atoms with van der Waals surface area (Å²) in [7, 11) is 0. The molecule has 16 heavy (non-hydrogen) atoms. The van der Waals surface area contributed by atoms with Crippen molar-refractivity contribution in [3.8, 4) is 0 Å². The van der Waals surface area contributed by atoms with Gasteiger partial charge in [-0.3, -0.25) is 0 Å². The Hall–Kier alpha value is -1.28. The Bertz CT molecular complexity index is 491. The van der Waals surface area contributed by atoms with Gasteiger partial charge in [0.15, 0.2) is 0 Å².